The van der Waals surface area contributed by atoms with Crippen LogP contribution in [0.3, 0.4) is 0 Å². The molecule has 0 saturated heterocycles. The van der Waals surface area contributed by atoms with Crippen LogP contribution in [-0.2, 0) is 27.4 Å². The van der Waals surface area contributed by atoms with E-state index in [0.29, 0.717) is 17.5 Å². The van der Waals surface area contributed by atoms with E-state index in [1.54, 1.807) is 42.2 Å². The van der Waals surface area contributed by atoms with Crippen LogP contribution >= 0.6 is 0 Å². The number of carbonyl (C=O) groups excluding carboxylic acids is 1. The number of halogens is 4. The van der Waals surface area contributed by atoms with Gasteiger partial charge in [-0.15, -0.1) is 0 Å². The topological polar surface area (TPSA) is 67.3 Å². The van der Waals surface area contributed by atoms with Crippen molar-refractivity contribution in [1.82, 2.24) is 9.88 Å². The molecule has 3 aromatic rings. The minimum absolute atomic E-state index is 0.0303. The van der Waals surface area contributed by atoms with Gasteiger partial charge in [-0.2, -0.15) is 13.2 Å². The van der Waals surface area contributed by atoms with Gasteiger partial charge in [0.05, 0.1) is 16.7 Å². The van der Waals surface area contributed by atoms with Gasteiger partial charge in [-0.1, -0.05) is 37.3 Å². The Morgan fingerprint density at radius 2 is 1.79 bits per heavy atom. The number of hydrogen-bond donors (Lipinski definition) is 0. The Kier molecular flexibility index (Phi) is 7.26. The number of sulfone groups is 1. The average molecular weight is 561 g/mol. The fourth-order valence-electron chi connectivity index (χ4n) is 5.13. The number of rotatable bonds is 9. The van der Waals surface area contributed by atoms with Crippen LogP contribution in [0.1, 0.15) is 60.5 Å². The summed E-state index contributed by atoms with van der Waals surface area (Å²) in [5, 5.41) is 0. The van der Waals surface area contributed by atoms with Gasteiger partial charge < -0.3 is 4.90 Å². The fraction of sp³-hybridized carbons (Fsp3) is 0.379. The number of benzene rings is 2. The highest BCUT2D eigenvalue weighted by atomic mass is 32.2. The van der Waals surface area contributed by atoms with Crippen molar-refractivity contribution in [2.24, 2.45) is 11.8 Å². The van der Waals surface area contributed by atoms with E-state index in [1.165, 1.54) is 24.3 Å². The van der Waals surface area contributed by atoms with E-state index >= 15 is 0 Å². The zero-order valence-electron chi connectivity index (χ0n) is 21.2. The van der Waals surface area contributed by atoms with Crippen LogP contribution in [0.15, 0.2) is 71.8 Å². The van der Waals surface area contributed by atoms with Crippen LogP contribution in [0.5, 0.6) is 0 Å². The molecule has 0 N–H and O–H groups in total. The maximum Gasteiger partial charge on any atom is 0.433 e. The van der Waals surface area contributed by atoms with Gasteiger partial charge >= 0.3 is 6.18 Å². The van der Waals surface area contributed by atoms with Gasteiger partial charge in [0, 0.05) is 18.7 Å². The van der Waals surface area contributed by atoms with E-state index in [9.17, 15) is 30.8 Å². The first-order chi connectivity index (χ1) is 18.5. The monoisotopic (exact) mass is 560 g/mol. The van der Waals surface area contributed by atoms with Crippen LogP contribution in [0.4, 0.5) is 17.6 Å². The van der Waals surface area contributed by atoms with Crippen LogP contribution < -0.4 is 0 Å². The largest absolute Gasteiger partial charge is 0.433 e. The molecule has 2 aliphatic rings. The Balaban J connectivity index is 1.50. The first-order valence-corrected chi connectivity index (χ1v) is 14.5. The smallest absolute Gasteiger partial charge is 0.331 e. The van der Waals surface area contributed by atoms with Gasteiger partial charge in [0.15, 0.2) is 9.84 Å². The molecule has 1 unspecified atom stereocenters. The molecule has 2 aliphatic carbocycles. The fourth-order valence-corrected chi connectivity index (χ4v) is 6.07. The van der Waals surface area contributed by atoms with Gasteiger partial charge in [0.1, 0.15) is 11.5 Å². The second-order valence-electron chi connectivity index (χ2n) is 10.3. The van der Waals surface area contributed by atoms with Crippen molar-refractivity contribution < 1.29 is 30.8 Å². The Labute approximate surface area is 224 Å². The quantitative estimate of drug-likeness (QED) is 0.288. The number of carbonyl (C=O) groups is 1. The molecule has 2 fully saturated rings. The first kappa shape index (κ1) is 27.3. The van der Waals surface area contributed by atoms with E-state index in [2.05, 4.69) is 4.98 Å². The zero-order chi connectivity index (χ0) is 27.9. The summed E-state index contributed by atoms with van der Waals surface area (Å²) in [6.07, 6.45) is -1.18. The SMILES string of the molecule is CCS(=O)(=O)c1cccc(C(C2CC2)N(Cc2ccc(C(F)(F)F)nc2)C(=O)[C@@H]2C[C@H]2c2ccc(F)cc2)c1. The molecule has 1 heterocycles. The summed E-state index contributed by atoms with van der Waals surface area (Å²) in [6.45, 7) is 1.60. The van der Waals surface area contributed by atoms with Crippen molar-refractivity contribution in [3.63, 3.8) is 0 Å². The van der Waals surface area contributed by atoms with Crippen molar-refractivity contribution >= 4 is 15.7 Å². The minimum Gasteiger partial charge on any atom is -0.331 e. The molecule has 3 atom stereocenters. The van der Waals surface area contributed by atoms with E-state index in [1.807, 2.05) is 0 Å². The van der Waals surface area contributed by atoms with E-state index in [-0.39, 0.29) is 46.7 Å². The molecular weight excluding hydrogens is 532 g/mol. The highest BCUT2D eigenvalue weighted by molar-refractivity contribution is 7.91. The Morgan fingerprint density at radius 3 is 2.38 bits per heavy atom. The van der Waals surface area contributed by atoms with Crippen molar-refractivity contribution in [3.05, 3.63) is 95.1 Å². The Morgan fingerprint density at radius 1 is 1.08 bits per heavy atom. The summed E-state index contributed by atoms with van der Waals surface area (Å²) < 4.78 is 77.9. The Bertz CT molecular complexity index is 1450. The molecule has 2 aromatic carbocycles. The highest BCUT2D eigenvalue weighted by Crippen LogP contribution is 2.52. The van der Waals surface area contributed by atoms with Crippen molar-refractivity contribution in [1.29, 1.82) is 0 Å². The molecule has 39 heavy (non-hydrogen) atoms. The lowest BCUT2D eigenvalue weighted by Crippen LogP contribution is -2.37. The number of aromatic nitrogens is 1. The predicted molar refractivity (Wildman–Crippen MR) is 137 cm³/mol. The van der Waals surface area contributed by atoms with E-state index < -0.39 is 27.7 Å². The molecule has 10 heteroatoms. The van der Waals surface area contributed by atoms with Crippen LogP contribution in [0.25, 0.3) is 0 Å². The van der Waals surface area contributed by atoms with E-state index in [0.717, 1.165) is 30.7 Å². The standard InChI is InChI=1S/C29H28F4N2O3S/c1-2-39(37,38)23-5-3-4-21(14-23)27(20-7-8-20)35(17-18-6-13-26(34-16-18)29(31,32)33)28(36)25-15-24(25)19-9-11-22(30)12-10-19/h3-6,9-14,16,20,24-25,27H,2,7-8,15,17H2,1H3/t24-,25+,27?/m0/s1. The maximum absolute atomic E-state index is 14.0. The van der Waals surface area contributed by atoms with Crippen molar-refractivity contribution in [3.8, 4) is 0 Å². The normalized spacial score (nSPS) is 19.9. The lowest BCUT2D eigenvalue weighted by atomic mass is 9.98. The number of amides is 1. The number of hydrogen-bond acceptors (Lipinski definition) is 4. The van der Waals surface area contributed by atoms with Gasteiger partial charge in [-0.05, 0) is 78.1 Å². The van der Waals surface area contributed by atoms with Gasteiger partial charge in [-0.3, -0.25) is 9.78 Å². The molecule has 206 valence electrons. The zero-order valence-corrected chi connectivity index (χ0v) is 22.1. The third kappa shape index (κ3) is 6.00. The van der Waals surface area contributed by atoms with Crippen molar-refractivity contribution in [2.45, 2.75) is 55.8 Å². The molecule has 0 spiro atoms. The summed E-state index contributed by atoms with van der Waals surface area (Å²) in [5.74, 6) is -0.941. The number of nitrogens with zero attached hydrogens (tertiary/aromatic N) is 2. The van der Waals surface area contributed by atoms with Crippen LogP contribution in [-0.4, -0.2) is 30.0 Å². The second-order valence-corrected chi connectivity index (χ2v) is 12.6. The number of pyridine rings is 1. The Hall–Kier alpha value is -3.27. The predicted octanol–water partition coefficient (Wildman–Crippen LogP) is 6.32. The van der Waals surface area contributed by atoms with E-state index in [4.69, 9.17) is 0 Å². The van der Waals surface area contributed by atoms with Gasteiger partial charge in [0.25, 0.3) is 0 Å². The van der Waals surface area contributed by atoms with Crippen LogP contribution in [0, 0.1) is 17.7 Å². The highest BCUT2D eigenvalue weighted by Gasteiger charge is 2.49. The maximum atomic E-state index is 14.0. The molecule has 2 saturated carbocycles. The van der Waals surface area contributed by atoms with Crippen LogP contribution in [0.2, 0.25) is 0 Å². The summed E-state index contributed by atoms with van der Waals surface area (Å²) >= 11 is 0. The average Bonchev–Trinajstić information content (AvgIpc) is 3.84. The lowest BCUT2D eigenvalue weighted by molar-refractivity contribution is -0.141. The molecule has 5 rings (SSSR count). The third-order valence-corrected chi connectivity index (χ3v) is 9.23. The molecular formula is C29H28F4N2O3S. The van der Waals surface area contributed by atoms with Gasteiger partial charge in [-0.25, -0.2) is 12.8 Å². The summed E-state index contributed by atoms with van der Waals surface area (Å²) in [4.78, 5) is 19.4. The third-order valence-electron chi connectivity index (χ3n) is 7.50. The summed E-state index contributed by atoms with van der Waals surface area (Å²) in [6, 6.07) is 14.4. The summed E-state index contributed by atoms with van der Waals surface area (Å²) in [5.41, 5.74) is 0.960. The second kappa shape index (κ2) is 10.4. The lowest BCUT2D eigenvalue weighted by Gasteiger charge is -2.33. The molecule has 0 aliphatic heterocycles. The molecule has 5 nitrogen and oxygen atoms in total. The number of alkyl halides is 3. The molecule has 1 amide bonds. The van der Waals surface area contributed by atoms with Gasteiger partial charge in [0.2, 0.25) is 5.91 Å². The minimum atomic E-state index is -4.58. The molecule has 0 radical (unpaired) electrons. The summed E-state index contributed by atoms with van der Waals surface area (Å²) in [7, 11) is -3.49. The molecule has 0 bridgehead atoms. The molecule has 1 aromatic heterocycles. The first-order valence-electron chi connectivity index (χ1n) is 12.9. The van der Waals surface area contributed by atoms with Crippen molar-refractivity contribution in [2.75, 3.05) is 5.75 Å².